The molecule has 0 spiro atoms. The number of likely N-dealkylation sites (tertiary alicyclic amines) is 1. The summed E-state index contributed by atoms with van der Waals surface area (Å²) in [4.78, 5) is 13.7. The van der Waals surface area contributed by atoms with Crippen LogP contribution in [0.1, 0.15) is 37.8 Å². The number of carbonyl (C=O) groups excluding carboxylic acids is 1. The standard InChI is InChI=1S/C15H22N2O2/c1-2-14(16)12-5-7-13(8-6-12)19-11-15(18)17-9-3-4-10-17/h5-8,14H,2-4,9-11,16H2,1H3/t14-/m1/s1. The van der Waals surface area contributed by atoms with Crippen LogP contribution < -0.4 is 10.5 Å². The summed E-state index contributed by atoms with van der Waals surface area (Å²) in [5.74, 6) is 0.798. The Morgan fingerprint density at radius 2 is 1.95 bits per heavy atom. The molecule has 1 aromatic carbocycles. The van der Waals surface area contributed by atoms with Gasteiger partial charge in [0.25, 0.3) is 5.91 Å². The van der Waals surface area contributed by atoms with E-state index in [0.717, 1.165) is 43.7 Å². The molecule has 0 bridgehead atoms. The van der Waals surface area contributed by atoms with Gasteiger partial charge in [-0.25, -0.2) is 0 Å². The van der Waals surface area contributed by atoms with Crippen molar-refractivity contribution in [2.75, 3.05) is 19.7 Å². The summed E-state index contributed by atoms with van der Waals surface area (Å²) in [7, 11) is 0. The number of benzene rings is 1. The van der Waals surface area contributed by atoms with Crippen LogP contribution in [0, 0.1) is 0 Å². The summed E-state index contributed by atoms with van der Waals surface area (Å²) >= 11 is 0. The summed E-state index contributed by atoms with van der Waals surface area (Å²) in [5.41, 5.74) is 7.05. The van der Waals surface area contributed by atoms with Gasteiger partial charge < -0.3 is 15.4 Å². The molecule has 1 amide bonds. The number of rotatable bonds is 5. The van der Waals surface area contributed by atoms with Gasteiger partial charge >= 0.3 is 0 Å². The van der Waals surface area contributed by atoms with Gasteiger partial charge in [0.1, 0.15) is 5.75 Å². The molecule has 0 radical (unpaired) electrons. The lowest BCUT2D eigenvalue weighted by molar-refractivity contribution is -0.132. The molecule has 1 heterocycles. The van der Waals surface area contributed by atoms with Crippen LogP contribution in [0.4, 0.5) is 0 Å². The van der Waals surface area contributed by atoms with Crippen LogP contribution in [0.3, 0.4) is 0 Å². The average Bonchev–Trinajstić information content (AvgIpc) is 2.98. The maximum Gasteiger partial charge on any atom is 0.260 e. The number of ether oxygens (including phenoxy) is 1. The fourth-order valence-electron chi connectivity index (χ4n) is 2.25. The van der Waals surface area contributed by atoms with E-state index in [1.165, 1.54) is 0 Å². The molecule has 0 unspecified atom stereocenters. The molecule has 1 atom stereocenters. The molecule has 19 heavy (non-hydrogen) atoms. The zero-order valence-corrected chi connectivity index (χ0v) is 11.5. The van der Waals surface area contributed by atoms with Crippen molar-refractivity contribution < 1.29 is 9.53 Å². The highest BCUT2D eigenvalue weighted by Crippen LogP contribution is 2.18. The molecule has 2 rings (SSSR count). The Kier molecular flexibility index (Phi) is 4.80. The summed E-state index contributed by atoms with van der Waals surface area (Å²) in [5, 5.41) is 0. The van der Waals surface area contributed by atoms with E-state index in [1.54, 1.807) is 0 Å². The van der Waals surface area contributed by atoms with Crippen LogP contribution in [-0.4, -0.2) is 30.5 Å². The Hall–Kier alpha value is -1.55. The first kappa shape index (κ1) is 13.9. The highest BCUT2D eigenvalue weighted by molar-refractivity contribution is 5.78. The summed E-state index contributed by atoms with van der Waals surface area (Å²) < 4.78 is 5.52. The zero-order valence-electron chi connectivity index (χ0n) is 11.5. The molecule has 0 aromatic heterocycles. The molecule has 1 aromatic rings. The fourth-order valence-corrected chi connectivity index (χ4v) is 2.25. The van der Waals surface area contributed by atoms with Crippen LogP contribution in [0.2, 0.25) is 0 Å². The average molecular weight is 262 g/mol. The van der Waals surface area contributed by atoms with Gasteiger partial charge in [-0.2, -0.15) is 0 Å². The Morgan fingerprint density at radius 3 is 2.53 bits per heavy atom. The quantitative estimate of drug-likeness (QED) is 0.884. The summed E-state index contributed by atoms with van der Waals surface area (Å²) in [6.07, 6.45) is 3.12. The number of hydrogen-bond donors (Lipinski definition) is 1. The minimum atomic E-state index is 0.0697. The van der Waals surface area contributed by atoms with Gasteiger partial charge in [-0.05, 0) is 37.0 Å². The van der Waals surface area contributed by atoms with E-state index in [0.29, 0.717) is 0 Å². The van der Waals surface area contributed by atoms with Gasteiger partial charge in [0.2, 0.25) is 0 Å². The highest BCUT2D eigenvalue weighted by Gasteiger charge is 2.18. The second-order valence-corrected chi connectivity index (χ2v) is 4.96. The third-order valence-corrected chi connectivity index (χ3v) is 3.57. The van der Waals surface area contributed by atoms with Crippen molar-refractivity contribution >= 4 is 5.91 Å². The molecule has 1 saturated heterocycles. The predicted octanol–water partition coefficient (Wildman–Crippen LogP) is 2.10. The third-order valence-electron chi connectivity index (χ3n) is 3.57. The van der Waals surface area contributed by atoms with E-state index in [2.05, 4.69) is 6.92 Å². The molecule has 4 heteroatoms. The van der Waals surface area contributed by atoms with E-state index in [9.17, 15) is 4.79 Å². The van der Waals surface area contributed by atoms with Gasteiger partial charge in [-0.15, -0.1) is 0 Å². The van der Waals surface area contributed by atoms with Crippen LogP contribution in [0.25, 0.3) is 0 Å². The Labute approximate surface area is 114 Å². The molecule has 104 valence electrons. The van der Waals surface area contributed by atoms with Crippen LogP contribution in [0.5, 0.6) is 5.75 Å². The number of nitrogens with zero attached hydrogens (tertiary/aromatic N) is 1. The van der Waals surface area contributed by atoms with E-state index in [1.807, 2.05) is 29.2 Å². The third kappa shape index (κ3) is 3.70. The molecule has 1 aliphatic heterocycles. The van der Waals surface area contributed by atoms with Crippen LogP contribution >= 0.6 is 0 Å². The maximum atomic E-state index is 11.8. The molecule has 4 nitrogen and oxygen atoms in total. The second kappa shape index (κ2) is 6.57. The van der Waals surface area contributed by atoms with Crippen LogP contribution in [0.15, 0.2) is 24.3 Å². The molecule has 0 saturated carbocycles. The SMILES string of the molecule is CC[C@@H](N)c1ccc(OCC(=O)N2CCCC2)cc1. The second-order valence-electron chi connectivity index (χ2n) is 4.96. The Balaban J connectivity index is 1.84. The van der Waals surface area contributed by atoms with E-state index in [4.69, 9.17) is 10.5 Å². The minimum Gasteiger partial charge on any atom is -0.484 e. The van der Waals surface area contributed by atoms with Crippen molar-refractivity contribution in [3.63, 3.8) is 0 Å². The normalized spacial score (nSPS) is 16.4. The number of carbonyl (C=O) groups is 1. The van der Waals surface area contributed by atoms with Crippen molar-refractivity contribution in [1.29, 1.82) is 0 Å². The minimum absolute atomic E-state index is 0.0697. The predicted molar refractivity (Wildman–Crippen MR) is 75.0 cm³/mol. The van der Waals surface area contributed by atoms with Crippen LogP contribution in [-0.2, 0) is 4.79 Å². The van der Waals surface area contributed by atoms with Crippen molar-refractivity contribution in [1.82, 2.24) is 4.90 Å². The van der Waals surface area contributed by atoms with Crippen molar-refractivity contribution in [2.24, 2.45) is 5.73 Å². The smallest absolute Gasteiger partial charge is 0.260 e. The largest absolute Gasteiger partial charge is 0.484 e. The summed E-state index contributed by atoms with van der Waals surface area (Å²) in [6, 6.07) is 7.75. The molecular formula is C15H22N2O2. The number of hydrogen-bond acceptors (Lipinski definition) is 3. The van der Waals surface area contributed by atoms with Crippen molar-refractivity contribution in [3.8, 4) is 5.75 Å². The highest BCUT2D eigenvalue weighted by atomic mass is 16.5. The Morgan fingerprint density at radius 1 is 1.32 bits per heavy atom. The lowest BCUT2D eigenvalue weighted by Gasteiger charge is -2.16. The molecule has 0 aliphatic carbocycles. The van der Waals surface area contributed by atoms with E-state index < -0.39 is 0 Å². The lowest BCUT2D eigenvalue weighted by atomic mass is 10.1. The monoisotopic (exact) mass is 262 g/mol. The van der Waals surface area contributed by atoms with Gasteiger partial charge in [0.05, 0.1) is 0 Å². The van der Waals surface area contributed by atoms with Gasteiger partial charge in [0, 0.05) is 19.1 Å². The molecule has 1 aliphatic rings. The van der Waals surface area contributed by atoms with Crippen molar-refractivity contribution in [3.05, 3.63) is 29.8 Å². The van der Waals surface area contributed by atoms with Gasteiger partial charge in [0.15, 0.2) is 6.61 Å². The number of nitrogens with two attached hydrogens (primary N) is 1. The first-order chi connectivity index (χ1) is 9.20. The molecule has 2 N–H and O–H groups in total. The first-order valence-corrected chi connectivity index (χ1v) is 6.97. The molecule has 1 fully saturated rings. The topological polar surface area (TPSA) is 55.6 Å². The van der Waals surface area contributed by atoms with Gasteiger partial charge in [-0.1, -0.05) is 19.1 Å². The zero-order chi connectivity index (χ0) is 13.7. The van der Waals surface area contributed by atoms with E-state index >= 15 is 0 Å². The maximum absolute atomic E-state index is 11.8. The lowest BCUT2D eigenvalue weighted by Crippen LogP contribution is -2.32. The summed E-state index contributed by atoms with van der Waals surface area (Å²) in [6.45, 7) is 3.92. The Bertz CT molecular complexity index is 411. The fraction of sp³-hybridized carbons (Fsp3) is 0.533. The van der Waals surface area contributed by atoms with E-state index in [-0.39, 0.29) is 18.6 Å². The van der Waals surface area contributed by atoms with Crippen molar-refractivity contribution in [2.45, 2.75) is 32.2 Å². The van der Waals surface area contributed by atoms with Gasteiger partial charge in [-0.3, -0.25) is 4.79 Å². The number of amides is 1. The molecular weight excluding hydrogens is 240 g/mol. The first-order valence-electron chi connectivity index (χ1n) is 6.97.